The molecule has 3 aromatic rings. The molecule has 2 amide bonds. The normalized spacial score (nSPS) is 10.3. The summed E-state index contributed by atoms with van der Waals surface area (Å²) in [5.41, 5.74) is 2.48. The van der Waals surface area contributed by atoms with Crippen molar-refractivity contribution in [2.45, 2.75) is 58.3 Å². The van der Waals surface area contributed by atoms with Gasteiger partial charge in [0.25, 0.3) is 0 Å². The summed E-state index contributed by atoms with van der Waals surface area (Å²) in [6.07, 6.45) is 1.93. The highest BCUT2D eigenvalue weighted by molar-refractivity contribution is 7.99. The van der Waals surface area contributed by atoms with Gasteiger partial charge >= 0.3 is 0 Å². The molecule has 2 aromatic carbocycles. The van der Waals surface area contributed by atoms with E-state index >= 15 is 0 Å². The highest BCUT2D eigenvalue weighted by Crippen LogP contribution is 2.26. The summed E-state index contributed by atoms with van der Waals surface area (Å²) in [6.45, 7) is 11.6. The van der Waals surface area contributed by atoms with Gasteiger partial charge in [-0.2, -0.15) is 0 Å². The molecule has 1 aromatic heterocycles. The number of anilines is 2. The van der Waals surface area contributed by atoms with Crippen molar-refractivity contribution in [3.8, 4) is 11.8 Å². The van der Waals surface area contributed by atoms with Gasteiger partial charge in [0.15, 0.2) is 0 Å². The van der Waals surface area contributed by atoms with Gasteiger partial charge in [0.2, 0.25) is 11.8 Å². The summed E-state index contributed by atoms with van der Waals surface area (Å²) in [4.78, 5) is 30.9. The van der Waals surface area contributed by atoms with Crippen molar-refractivity contribution >= 4 is 35.1 Å². The van der Waals surface area contributed by atoms with Crippen LogP contribution in [0, 0.1) is 11.8 Å². The van der Waals surface area contributed by atoms with Crippen molar-refractivity contribution in [2.24, 2.45) is 0 Å². The number of pyridine rings is 1. The second-order valence-electron chi connectivity index (χ2n) is 8.26. The summed E-state index contributed by atoms with van der Waals surface area (Å²) < 4.78 is 0. The number of aromatic nitrogens is 1. The minimum absolute atomic E-state index is 0.0817. The lowest BCUT2D eigenvalue weighted by Crippen LogP contribution is -2.35. The van der Waals surface area contributed by atoms with Gasteiger partial charge in [0.05, 0.1) is 11.8 Å². The van der Waals surface area contributed by atoms with E-state index in [1.165, 1.54) is 4.90 Å². The van der Waals surface area contributed by atoms with Crippen molar-refractivity contribution < 1.29 is 9.59 Å². The third-order valence-electron chi connectivity index (χ3n) is 5.33. The fourth-order valence-corrected chi connectivity index (χ4v) is 4.02. The smallest absolute Gasteiger partial charge is 0.235 e. The van der Waals surface area contributed by atoms with Crippen LogP contribution in [0.2, 0.25) is 0 Å². The molecule has 0 radical (unpaired) electrons. The zero-order chi connectivity index (χ0) is 26.6. The van der Waals surface area contributed by atoms with Crippen molar-refractivity contribution in [2.75, 3.05) is 16.4 Å². The highest BCUT2D eigenvalue weighted by Gasteiger charge is 2.30. The van der Waals surface area contributed by atoms with Gasteiger partial charge in [0.1, 0.15) is 5.82 Å². The quantitative estimate of drug-likeness (QED) is 0.266. The predicted molar refractivity (Wildman–Crippen MR) is 151 cm³/mol. The molecule has 1 heterocycles. The van der Waals surface area contributed by atoms with Gasteiger partial charge in [-0.1, -0.05) is 51.0 Å². The van der Waals surface area contributed by atoms with Crippen molar-refractivity contribution in [3.05, 3.63) is 83.6 Å². The number of carbonyl (C=O) groups is 2. The topological polar surface area (TPSA) is 71.1 Å². The van der Waals surface area contributed by atoms with Crippen LogP contribution in [-0.4, -0.2) is 22.6 Å². The number of hydrogen-bond donors (Lipinski definition) is 2. The van der Waals surface area contributed by atoms with Gasteiger partial charge in [-0.15, -0.1) is 17.7 Å². The first-order chi connectivity index (χ1) is 17.3. The van der Waals surface area contributed by atoms with Crippen molar-refractivity contribution in [1.29, 1.82) is 0 Å². The summed E-state index contributed by atoms with van der Waals surface area (Å²) in [7, 11) is 0. The molecule has 0 saturated heterocycles. The molecule has 3 rings (SSSR count). The zero-order valence-electron chi connectivity index (χ0n) is 21.9. The minimum atomic E-state index is -0.797. The second-order valence-corrected chi connectivity index (χ2v) is 9.60. The third kappa shape index (κ3) is 8.28. The molecule has 0 spiro atoms. The number of benzene rings is 2. The molecule has 6 heteroatoms. The van der Waals surface area contributed by atoms with Crippen LogP contribution in [0.25, 0.3) is 0 Å². The number of rotatable bonds is 8. The molecule has 0 saturated carbocycles. The molecule has 188 valence electrons. The van der Waals surface area contributed by atoms with E-state index in [-0.39, 0.29) is 11.8 Å². The molecule has 0 fully saturated rings. The lowest BCUT2D eigenvalue weighted by Gasteiger charge is -2.24. The number of nitrogens with one attached hydrogen (secondary N) is 2. The van der Waals surface area contributed by atoms with E-state index in [1.807, 2.05) is 76.2 Å². The number of thioether (sulfide) groups is 1. The van der Waals surface area contributed by atoms with Gasteiger partial charge in [-0.3, -0.25) is 9.59 Å². The summed E-state index contributed by atoms with van der Waals surface area (Å²) in [6, 6.07) is 19.0. The Morgan fingerprint density at radius 1 is 0.972 bits per heavy atom. The van der Waals surface area contributed by atoms with E-state index in [2.05, 4.69) is 34.4 Å². The first kappa shape index (κ1) is 28.7. The fraction of sp³-hybridized carbons (Fsp3) is 0.300. The van der Waals surface area contributed by atoms with Crippen LogP contribution in [0.3, 0.4) is 0 Å². The molecule has 0 bridgehead atoms. The molecule has 0 aliphatic heterocycles. The Balaban J connectivity index is 0.00000222. The SMILES string of the molecule is CC.CC#Cc1ccnc(NC(=O)C(C)(C)c2ccc(NC(=O)Cc3ccc(SCC)cc3)cc2)c1. The third-order valence-corrected chi connectivity index (χ3v) is 6.22. The van der Waals surface area contributed by atoms with Gasteiger partial charge < -0.3 is 10.6 Å². The van der Waals surface area contributed by atoms with Crippen LogP contribution in [0.4, 0.5) is 11.5 Å². The second kappa shape index (κ2) is 14.1. The molecular formula is C30H35N3O2S. The summed E-state index contributed by atoms with van der Waals surface area (Å²) >= 11 is 1.78. The van der Waals surface area contributed by atoms with Crippen LogP contribution < -0.4 is 10.6 Å². The highest BCUT2D eigenvalue weighted by atomic mass is 32.2. The fourth-order valence-electron chi connectivity index (χ4n) is 3.36. The molecule has 0 aliphatic rings. The standard InChI is InChI=1S/C28H29N3O2S.C2H6/c1-5-7-20-16-17-29-25(18-20)31-27(33)28(3,4)22-10-12-23(13-11-22)30-26(32)19-21-8-14-24(15-9-21)34-6-2;1-2/h8-18H,6,19H2,1-4H3,(H,30,32)(H,29,31,33);1-2H3. The maximum absolute atomic E-state index is 13.0. The van der Waals surface area contributed by atoms with Gasteiger partial charge in [-0.25, -0.2) is 4.98 Å². The van der Waals surface area contributed by atoms with Gasteiger partial charge in [0, 0.05) is 22.3 Å². The van der Waals surface area contributed by atoms with Crippen LogP contribution in [0.5, 0.6) is 0 Å². The predicted octanol–water partition coefficient (Wildman–Crippen LogP) is 6.69. The molecule has 36 heavy (non-hydrogen) atoms. The Morgan fingerprint density at radius 2 is 1.64 bits per heavy atom. The lowest BCUT2D eigenvalue weighted by molar-refractivity contribution is -0.120. The maximum atomic E-state index is 13.0. The van der Waals surface area contributed by atoms with E-state index in [1.54, 1.807) is 37.0 Å². The van der Waals surface area contributed by atoms with Crippen LogP contribution in [0.1, 0.15) is 58.2 Å². The Kier molecular flexibility index (Phi) is 11.2. The Bertz CT molecular complexity index is 1210. The molecule has 2 N–H and O–H groups in total. The van der Waals surface area contributed by atoms with Crippen molar-refractivity contribution in [3.63, 3.8) is 0 Å². The van der Waals surface area contributed by atoms with Crippen LogP contribution in [0.15, 0.2) is 71.8 Å². The summed E-state index contributed by atoms with van der Waals surface area (Å²) in [5, 5.41) is 5.80. The van der Waals surface area contributed by atoms with Crippen LogP contribution in [-0.2, 0) is 21.4 Å². The number of amides is 2. The van der Waals surface area contributed by atoms with Crippen molar-refractivity contribution in [1.82, 2.24) is 4.98 Å². The minimum Gasteiger partial charge on any atom is -0.326 e. The first-order valence-electron chi connectivity index (χ1n) is 12.1. The summed E-state index contributed by atoms with van der Waals surface area (Å²) in [5.74, 6) is 7.02. The average Bonchev–Trinajstić information content (AvgIpc) is 2.87. The Hall–Kier alpha value is -3.56. The largest absolute Gasteiger partial charge is 0.326 e. The first-order valence-corrected chi connectivity index (χ1v) is 13.1. The van der Waals surface area contributed by atoms with E-state index in [9.17, 15) is 9.59 Å². The molecule has 0 atom stereocenters. The molecule has 0 unspecified atom stereocenters. The lowest BCUT2D eigenvalue weighted by atomic mass is 9.83. The average molecular weight is 502 g/mol. The number of nitrogens with zero attached hydrogens (tertiary/aromatic N) is 1. The maximum Gasteiger partial charge on any atom is 0.235 e. The van der Waals surface area contributed by atoms with E-state index in [0.29, 0.717) is 17.9 Å². The molecular weight excluding hydrogens is 466 g/mol. The van der Waals surface area contributed by atoms with Crippen LogP contribution >= 0.6 is 11.8 Å². The molecule has 5 nitrogen and oxygen atoms in total. The van der Waals surface area contributed by atoms with E-state index in [0.717, 1.165) is 22.4 Å². The Morgan fingerprint density at radius 3 is 2.25 bits per heavy atom. The van der Waals surface area contributed by atoms with E-state index < -0.39 is 5.41 Å². The monoisotopic (exact) mass is 501 g/mol. The zero-order valence-corrected chi connectivity index (χ0v) is 22.8. The Labute approximate surface area is 219 Å². The van der Waals surface area contributed by atoms with Gasteiger partial charge in [-0.05, 0) is 74.0 Å². The number of hydrogen-bond acceptors (Lipinski definition) is 4. The van der Waals surface area contributed by atoms with E-state index in [4.69, 9.17) is 0 Å². The molecule has 0 aliphatic carbocycles. The number of carbonyl (C=O) groups excluding carboxylic acids is 2.